The summed E-state index contributed by atoms with van der Waals surface area (Å²) in [4.78, 5) is 14.0. The molecule has 3 rings (SSSR count). The Hall–Kier alpha value is -1.35. The van der Waals surface area contributed by atoms with E-state index in [2.05, 4.69) is 24.3 Å². The van der Waals surface area contributed by atoms with Crippen molar-refractivity contribution in [2.24, 2.45) is 5.73 Å². The lowest BCUT2D eigenvalue weighted by atomic mass is 10.0. The van der Waals surface area contributed by atoms with Gasteiger partial charge in [0.25, 0.3) is 0 Å². The van der Waals surface area contributed by atoms with E-state index in [1.165, 1.54) is 5.56 Å². The van der Waals surface area contributed by atoms with Crippen LogP contribution in [-0.4, -0.2) is 29.4 Å². The van der Waals surface area contributed by atoms with Crippen LogP contribution in [0.5, 0.6) is 0 Å². The Labute approximate surface area is 114 Å². The fraction of sp³-hybridized carbons (Fsp3) is 0.562. The van der Waals surface area contributed by atoms with E-state index in [-0.39, 0.29) is 11.4 Å². The maximum atomic E-state index is 12.0. The van der Waals surface area contributed by atoms with Crippen molar-refractivity contribution in [1.29, 1.82) is 0 Å². The van der Waals surface area contributed by atoms with Crippen molar-refractivity contribution >= 4 is 5.91 Å². The Morgan fingerprint density at radius 3 is 2.26 bits per heavy atom. The van der Waals surface area contributed by atoms with E-state index in [9.17, 15) is 4.79 Å². The summed E-state index contributed by atoms with van der Waals surface area (Å²) in [6.07, 6.45) is 6.10. The number of amides is 1. The number of carbonyl (C=O) groups is 1. The van der Waals surface area contributed by atoms with Crippen molar-refractivity contribution in [3.8, 4) is 0 Å². The molecule has 3 heteroatoms. The Morgan fingerprint density at radius 2 is 1.68 bits per heavy atom. The summed E-state index contributed by atoms with van der Waals surface area (Å²) in [6, 6.07) is 8.41. The van der Waals surface area contributed by atoms with Gasteiger partial charge in [0.2, 0.25) is 5.91 Å². The SMILES string of the molecule is NC1(Cc2ccc(CC(=O)N3CCCC3)cc2)CC1. The summed E-state index contributed by atoms with van der Waals surface area (Å²) in [5.74, 6) is 0.266. The fourth-order valence-corrected chi connectivity index (χ4v) is 2.77. The zero-order valence-electron chi connectivity index (χ0n) is 11.4. The maximum absolute atomic E-state index is 12.0. The molecule has 2 aliphatic rings. The molecule has 3 nitrogen and oxygen atoms in total. The number of benzene rings is 1. The van der Waals surface area contributed by atoms with E-state index in [1.807, 2.05) is 4.90 Å². The largest absolute Gasteiger partial charge is 0.342 e. The lowest BCUT2D eigenvalue weighted by molar-refractivity contribution is -0.129. The molecule has 2 N–H and O–H groups in total. The third-order valence-electron chi connectivity index (χ3n) is 4.29. The van der Waals surface area contributed by atoms with Gasteiger partial charge in [0.1, 0.15) is 0 Å². The molecule has 0 spiro atoms. The molecule has 1 saturated carbocycles. The van der Waals surface area contributed by atoms with Crippen molar-refractivity contribution < 1.29 is 4.79 Å². The highest BCUT2D eigenvalue weighted by atomic mass is 16.2. The smallest absolute Gasteiger partial charge is 0.226 e. The topological polar surface area (TPSA) is 46.3 Å². The van der Waals surface area contributed by atoms with Crippen molar-refractivity contribution in [2.45, 2.75) is 44.1 Å². The predicted octanol–water partition coefficient (Wildman–Crippen LogP) is 1.89. The molecule has 1 aromatic carbocycles. The van der Waals surface area contributed by atoms with Gasteiger partial charge >= 0.3 is 0 Å². The Bertz CT molecular complexity index is 456. The standard InChI is InChI=1S/C16H22N2O/c17-16(7-8-16)12-14-5-3-13(4-6-14)11-15(19)18-9-1-2-10-18/h3-6H,1-2,7-12,17H2. The quantitative estimate of drug-likeness (QED) is 0.896. The first-order valence-corrected chi connectivity index (χ1v) is 7.29. The summed E-state index contributed by atoms with van der Waals surface area (Å²) >= 11 is 0. The normalized spacial score (nSPS) is 20.6. The Balaban J connectivity index is 1.57. The van der Waals surface area contributed by atoms with E-state index in [1.54, 1.807) is 0 Å². The van der Waals surface area contributed by atoms with Gasteiger partial charge in [0, 0.05) is 18.6 Å². The second-order valence-electron chi connectivity index (χ2n) is 6.12. The van der Waals surface area contributed by atoms with Crippen molar-refractivity contribution in [2.75, 3.05) is 13.1 Å². The van der Waals surface area contributed by atoms with Crippen LogP contribution in [0.4, 0.5) is 0 Å². The van der Waals surface area contributed by atoms with E-state index < -0.39 is 0 Å². The fourth-order valence-electron chi connectivity index (χ4n) is 2.77. The monoisotopic (exact) mass is 258 g/mol. The molecule has 1 heterocycles. The average Bonchev–Trinajstić information content (AvgIpc) is 2.93. The highest BCUT2D eigenvalue weighted by Gasteiger charge is 2.37. The molecule has 0 radical (unpaired) electrons. The van der Waals surface area contributed by atoms with Crippen LogP contribution >= 0.6 is 0 Å². The zero-order chi connectivity index (χ0) is 13.3. The van der Waals surface area contributed by atoms with Gasteiger partial charge in [-0.25, -0.2) is 0 Å². The van der Waals surface area contributed by atoms with Gasteiger partial charge in [0.15, 0.2) is 0 Å². The number of nitrogens with two attached hydrogens (primary N) is 1. The molecule has 1 aromatic rings. The number of hydrogen-bond donors (Lipinski definition) is 1. The molecule has 1 saturated heterocycles. The van der Waals surface area contributed by atoms with Crippen LogP contribution in [0, 0.1) is 0 Å². The van der Waals surface area contributed by atoms with Crippen LogP contribution in [0.3, 0.4) is 0 Å². The minimum Gasteiger partial charge on any atom is -0.342 e. The van der Waals surface area contributed by atoms with Crippen molar-refractivity contribution in [3.05, 3.63) is 35.4 Å². The number of rotatable bonds is 4. The van der Waals surface area contributed by atoms with Crippen LogP contribution in [0.25, 0.3) is 0 Å². The lowest BCUT2D eigenvalue weighted by Gasteiger charge is -2.15. The molecule has 1 amide bonds. The number of hydrogen-bond acceptors (Lipinski definition) is 2. The minimum atomic E-state index is 0.0624. The first-order valence-electron chi connectivity index (χ1n) is 7.29. The second-order valence-corrected chi connectivity index (χ2v) is 6.12. The van der Waals surface area contributed by atoms with Crippen LogP contribution in [0.1, 0.15) is 36.8 Å². The Morgan fingerprint density at radius 1 is 1.11 bits per heavy atom. The highest BCUT2D eigenvalue weighted by Crippen LogP contribution is 2.35. The predicted molar refractivity (Wildman–Crippen MR) is 75.8 cm³/mol. The first-order chi connectivity index (χ1) is 9.15. The van der Waals surface area contributed by atoms with Gasteiger partial charge in [-0.3, -0.25) is 4.79 Å². The summed E-state index contributed by atoms with van der Waals surface area (Å²) in [6.45, 7) is 1.87. The number of likely N-dealkylation sites (tertiary alicyclic amines) is 1. The summed E-state index contributed by atoms with van der Waals surface area (Å²) < 4.78 is 0. The molecule has 0 unspecified atom stereocenters. The van der Waals surface area contributed by atoms with Gasteiger partial charge in [0.05, 0.1) is 6.42 Å². The molecule has 1 aliphatic heterocycles. The second kappa shape index (κ2) is 4.97. The molecule has 0 bridgehead atoms. The minimum absolute atomic E-state index is 0.0624. The van der Waals surface area contributed by atoms with Gasteiger partial charge in [-0.2, -0.15) is 0 Å². The first kappa shape index (κ1) is 12.7. The lowest BCUT2D eigenvalue weighted by Crippen LogP contribution is -2.29. The molecule has 0 aromatic heterocycles. The summed E-state index contributed by atoms with van der Waals surface area (Å²) in [7, 11) is 0. The number of nitrogens with zero attached hydrogens (tertiary/aromatic N) is 1. The third kappa shape index (κ3) is 3.16. The zero-order valence-corrected chi connectivity index (χ0v) is 11.4. The molecule has 102 valence electrons. The van der Waals surface area contributed by atoms with E-state index in [0.717, 1.165) is 50.8 Å². The molecule has 0 atom stereocenters. The molecular formula is C16H22N2O. The van der Waals surface area contributed by atoms with Gasteiger partial charge in [-0.1, -0.05) is 24.3 Å². The van der Waals surface area contributed by atoms with Gasteiger partial charge < -0.3 is 10.6 Å². The maximum Gasteiger partial charge on any atom is 0.226 e. The van der Waals surface area contributed by atoms with Crippen LogP contribution < -0.4 is 5.73 Å². The van der Waals surface area contributed by atoms with Crippen LogP contribution in [0.2, 0.25) is 0 Å². The molecular weight excluding hydrogens is 236 g/mol. The average molecular weight is 258 g/mol. The van der Waals surface area contributed by atoms with Crippen LogP contribution in [0.15, 0.2) is 24.3 Å². The number of carbonyl (C=O) groups excluding carboxylic acids is 1. The van der Waals surface area contributed by atoms with E-state index >= 15 is 0 Å². The van der Waals surface area contributed by atoms with Gasteiger partial charge in [-0.05, 0) is 43.2 Å². The summed E-state index contributed by atoms with van der Waals surface area (Å²) in [5, 5.41) is 0. The van der Waals surface area contributed by atoms with E-state index in [4.69, 9.17) is 5.73 Å². The van der Waals surface area contributed by atoms with E-state index in [0.29, 0.717) is 6.42 Å². The third-order valence-corrected chi connectivity index (χ3v) is 4.29. The van der Waals surface area contributed by atoms with Crippen LogP contribution in [-0.2, 0) is 17.6 Å². The van der Waals surface area contributed by atoms with Crippen molar-refractivity contribution in [1.82, 2.24) is 4.90 Å². The Kier molecular flexibility index (Phi) is 3.31. The molecule has 2 fully saturated rings. The van der Waals surface area contributed by atoms with Gasteiger partial charge in [-0.15, -0.1) is 0 Å². The molecule has 19 heavy (non-hydrogen) atoms. The highest BCUT2D eigenvalue weighted by molar-refractivity contribution is 5.79. The molecule has 1 aliphatic carbocycles. The van der Waals surface area contributed by atoms with Crippen molar-refractivity contribution in [3.63, 3.8) is 0 Å². The summed E-state index contributed by atoms with van der Waals surface area (Å²) in [5.41, 5.74) is 8.58.